The van der Waals surface area contributed by atoms with Gasteiger partial charge >= 0.3 is 0 Å². The summed E-state index contributed by atoms with van der Waals surface area (Å²) in [6.07, 6.45) is 0. The minimum Gasteiger partial charge on any atom is -0.497 e. The van der Waals surface area contributed by atoms with Gasteiger partial charge in [-0.25, -0.2) is 0 Å². The Labute approximate surface area is 167 Å². The van der Waals surface area contributed by atoms with E-state index in [1.165, 1.54) is 22.9 Å². The van der Waals surface area contributed by atoms with Crippen molar-refractivity contribution in [3.63, 3.8) is 0 Å². The van der Waals surface area contributed by atoms with Crippen molar-refractivity contribution in [2.24, 2.45) is 0 Å². The van der Waals surface area contributed by atoms with Crippen LogP contribution in [0.5, 0.6) is 5.75 Å². The maximum absolute atomic E-state index is 12.6. The quantitative estimate of drug-likeness (QED) is 0.362. The highest BCUT2D eigenvalue weighted by Gasteiger charge is 2.16. The first kappa shape index (κ1) is 18.5. The molecule has 0 atom stereocenters. The number of carbonyl (C=O) groups is 1. The molecule has 0 radical (unpaired) electrons. The van der Waals surface area contributed by atoms with Crippen LogP contribution in [0.3, 0.4) is 0 Å². The van der Waals surface area contributed by atoms with Crippen molar-refractivity contribution < 1.29 is 9.53 Å². The highest BCUT2D eigenvalue weighted by molar-refractivity contribution is 7.99. The fourth-order valence-corrected chi connectivity index (χ4v) is 4.18. The molecule has 142 valence electrons. The van der Waals surface area contributed by atoms with Gasteiger partial charge in [-0.2, -0.15) is 0 Å². The van der Waals surface area contributed by atoms with Gasteiger partial charge in [0.15, 0.2) is 16.6 Å². The highest BCUT2D eigenvalue weighted by Crippen LogP contribution is 2.29. The van der Waals surface area contributed by atoms with Crippen LogP contribution in [0, 0.1) is 20.8 Å². The molecular weight excluding hydrogens is 370 g/mol. The number of ether oxygens (including phenoxy) is 1. The Bertz CT molecular complexity index is 1200. The van der Waals surface area contributed by atoms with E-state index in [0.717, 1.165) is 33.0 Å². The third kappa shape index (κ3) is 3.14. The van der Waals surface area contributed by atoms with Crippen molar-refractivity contribution in [3.8, 4) is 5.75 Å². The smallest absolute Gasteiger partial charge is 0.196 e. The van der Waals surface area contributed by atoms with E-state index < -0.39 is 0 Å². The van der Waals surface area contributed by atoms with Crippen LogP contribution in [0.4, 0.5) is 0 Å². The van der Waals surface area contributed by atoms with Gasteiger partial charge in [-0.05, 0) is 73.2 Å². The normalized spacial score (nSPS) is 11.3. The summed E-state index contributed by atoms with van der Waals surface area (Å²) in [5.74, 6) is 1.09. The van der Waals surface area contributed by atoms with Crippen molar-refractivity contribution in [1.29, 1.82) is 0 Å². The number of pyridine rings is 1. The summed E-state index contributed by atoms with van der Waals surface area (Å²) in [5, 5.41) is 10.6. The first-order chi connectivity index (χ1) is 13.5. The molecule has 6 heteroatoms. The lowest BCUT2D eigenvalue weighted by Gasteiger charge is -2.11. The van der Waals surface area contributed by atoms with Gasteiger partial charge < -0.3 is 4.74 Å². The van der Waals surface area contributed by atoms with Crippen LogP contribution < -0.4 is 4.74 Å². The minimum absolute atomic E-state index is 0.0502. The number of methoxy groups -OCH3 is 1. The fraction of sp³-hybridized carbons (Fsp3) is 0.227. The van der Waals surface area contributed by atoms with E-state index >= 15 is 0 Å². The van der Waals surface area contributed by atoms with E-state index in [9.17, 15) is 4.79 Å². The number of hydrogen-bond acceptors (Lipinski definition) is 5. The average molecular weight is 391 g/mol. The summed E-state index contributed by atoms with van der Waals surface area (Å²) >= 11 is 1.42. The lowest BCUT2D eigenvalue weighted by molar-refractivity contribution is 0.102. The Hall–Kier alpha value is -2.86. The zero-order valence-electron chi connectivity index (χ0n) is 16.3. The molecular formula is C22H21N3O2S. The predicted molar refractivity (Wildman–Crippen MR) is 113 cm³/mol. The number of aryl methyl sites for hydroxylation is 3. The summed E-state index contributed by atoms with van der Waals surface area (Å²) in [4.78, 5) is 12.6. The SMILES string of the molecule is COc1ccc(C(=O)CSc2nnc3c(C)cc4ccc(C)c(C)c4n23)cc1. The molecule has 0 aliphatic rings. The van der Waals surface area contributed by atoms with Crippen LogP contribution in [0.1, 0.15) is 27.0 Å². The van der Waals surface area contributed by atoms with Crippen molar-refractivity contribution in [2.45, 2.75) is 25.9 Å². The first-order valence-corrected chi connectivity index (χ1v) is 10.0. The van der Waals surface area contributed by atoms with Gasteiger partial charge in [-0.3, -0.25) is 9.20 Å². The second kappa shape index (κ2) is 7.28. The van der Waals surface area contributed by atoms with Gasteiger partial charge in [0.1, 0.15) is 5.75 Å². The number of rotatable bonds is 5. The molecule has 2 aromatic carbocycles. The standard InChI is InChI=1S/C22H21N3O2S/c1-13-5-6-17-11-14(2)21-23-24-22(25(21)20(17)15(13)3)28-12-19(26)16-7-9-18(27-4)10-8-16/h5-11H,12H2,1-4H3. The third-order valence-electron chi connectivity index (χ3n) is 5.06. The maximum Gasteiger partial charge on any atom is 0.196 e. The van der Waals surface area contributed by atoms with Crippen molar-refractivity contribution in [1.82, 2.24) is 14.6 Å². The van der Waals surface area contributed by atoms with Gasteiger partial charge in [0.2, 0.25) is 0 Å². The number of hydrogen-bond donors (Lipinski definition) is 0. The molecule has 0 bridgehead atoms. The summed E-state index contributed by atoms with van der Waals surface area (Å²) in [6.45, 7) is 6.25. The Morgan fingerprint density at radius 1 is 1.04 bits per heavy atom. The second-order valence-electron chi connectivity index (χ2n) is 6.85. The van der Waals surface area contributed by atoms with Gasteiger partial charge in [-0.1, -0.05) is 23.9 Å². The molecule has 0 aliphatic carbocycles. The predicted octanol–water partition coefficient (Wildman–Crippen LogP) is 4.79. The molecule has 0 saturated carbocycles. The van der Waals surface area contributed by atoms with E-state index in [0.29, 0.717) is 11.3 Å². The van der Waals surface area contributed by atoms with Gasteiger partial charge in [-0.15, -0.1) is 10.2 Å². The lowest BCUT2D eigenvalue weighted by Crippen LogP contribution is -2.04. The van der Waals surface area contributed by atoms with Crippen LogP contribution in [0.15, 0.2) is 47.6 Å². The molecule has 0 amide bonds. The van der Waals surface area contributed by atoms with Crippen LogP contribution in [0.2, 0.25) is 0 Å². The number of fused-ring (bicyclic) bond motifs is 3. The molecule has 0 saturated heterocycles. The molecule has 2 heterocycles. The van der Waals surface area contributed by atoms with E-state index in [1.807, 2.05) is 6.92 Å². The van der Waals surface area contributed by atoms with Crippen molar-refractivity contribution in [3.05, 3.63) is 64.7 Å². The van der Waals surface area contributed by atoms with E-state index in [4.69, 9.17) is 4.74 Å². The number of thioether (sulfide) groups is 1. The fourth-order valence-electron chi connectivity index (χ4n) is 3.34. The summed E-state index contributed by atoms with van der Waals surface area (Å²) in [6, 6.07) is 13.6. The molecule has 2 aromatic heterocycles. The van der Waals surface area contributed by atoms with Crippen LogP contribution in [-0.4, -0.2) is 33.2 Å². The van der Waals surface area contributed by atoms with Crippen LogP contribution in [-0.2, 0) is 0 Å². The minimum atomic E-state index is 0.0502. The summed E-state index contributed by atoms with van der Waals surface area (Å²) in [5.41, 5.74) is 6.08. The molecule has 0 aliphatic heterocycles. The second-order valence-corrected chi connectivity index (χ2v) is 7.80. The van der Waals surface area contributed by atoms with E-state index in [-0.39, 0.29) is 5.78 Å². The Balaban J connectivity index is 1.71. The number of Topliss-reactive ketones (excluding diaryl/α,β-unsaturated/α-hetero) is 1. The highest BCUT2D eigenvalue weighted by atomic mass is 32.2. The molecule has 0 unspecified atom stereocenters. The van der Waals surface area contributed by atoms with Gasteiger partial charge in [0.05, 0.1) is 18.4 Å². The number of carbonyl (C=O) groups excluding carboxylic acids is 1. The Kier molecular flexibility index (Phi) is 4.81. The zero-order valence-corrected chi connectivity index (χ0v) is 17.1. The Morgan fingerprint density at radius 2 is 1.79 bits per heavy atom. The largest absolute Gasteiger partial charge is 0.497 e. The third-order valence-corrected chi connectivity index (χ3v) is 5.99. The van der Waals surface area contributed by atoms with Gasteiger partial charge in [0.25, 0.3) is 0 Å². The summed E-state index contributed by atoms with van der Waals surface area (Å²) in [7, 11) is 1.61. The molecule has 4 aromatic rings. The topological polar surface area (TPSA) is 56.5 Å². The first-order valence-electron chi connectivity index (χ1n) is 9.04. The Morgan fingerprint density at radius 3 is 2.50 bits per heavy atom. The maximum atomic E-state index is 12.6. The monoisotopic (exact) mass is 391 g/mol. The van der Waals surface area contributed by atoms with E-state index in [1.54, 1.807) is 31.4 Å². The number of aromatic nitrogens is 3. The van der Waals surface area contributed by atoms with E-state index in [2.05, 4.69) is 46.6 Å². The van der Waals surface area contributed by atoms with Gasteiger partial charge in [0, 0.05) is 5.56 Å². The van der Waals surface area contributed by atoms with Crippen LogP contribution >= 0.6 is 11.8 Å². The summed E-state index contributed by atoms with van der Waals surface area (Å²) < 4.78 is 7.23. The molecule has 4 rings (SSSR count). The molecule has 0 fully saturated rings. The molecule has 0 N–H and O–H groups in total. The number of ketones is 1. The number of nitrogens with zero attached hydrogens (tertiary/aromatic N) is 3. The van der Waals surface area contributed by atoms with Crippen molar-refractivity contribution in [2.75, 3.05) is 12.9 Å². The lowest BCUT2D eigenvalue weighted by atomic mass is 10.0. The molecule has 5 nitrogen and oxygen atoms in total. The number of benzene rings is 2. The molecule has 28 heavy (non-hydrogen) atoms. The van der Waals surface area contributed by atoms with Crippen molar-refractivity contribution >= 4 is 34.1 Å². The average Bonchev–Trinajstić information content (AvgIpc) is 3.13. The molecule has 0 spiro atoms. The zero-order chi connectivity index (χ0) is 19.8. The van der Waals surface area contributed by atoms with Crippen LogP contribution in [0.25, 0.3) is 16.6 Å².